The van der Waals surface area contributed by atoms with Crippen molar-refractivity contribution in [3.63, 3.8) is 0 Å². The van der Waals surface area contributed by atoms with Gasteiger partial charge in [0.05, 0.1) is 23.8 Å². The van der Waals surface area contributed by atoms with Crippen molar-refractivity contribution in [2.75, 3.05) is 6.61 Å². The van der Waals surface area contributed by atoms with E-state index in [2.05, 4.69) is 24.9 Å². The molecule has 2 aromatic carbocycles. The molecule has 6 heteroatoms. The van der Waals surface area contributed by atoms with Crippen molar-refractivity contribution in [2.45, 2.75) is 44.9 Å². The zero-order chi connectivity index (χ0) is 22.2. The second-order valence-electron chi connectivity index (χ2n) is 8.46. The topological polar surface area (TPSA) is 103 Å². The van der Waals surface area contributed by atoms with Gasteiger partial charge in [0, 0.05) is 34.0 Å². The van der Waals surface area contributed by atoms with E-state index in [1.165, 1.54) is 0 Å². The van der Waals surface area contributed by atoms with Crippen LogP contribution in [0.4, 0.5) is 0 Å². The molecule has 0 spiro atoms. The van der Waals surface area contributed by atoms with Crippen molar-refractivity contribution in [1.82, 2.24) is 4.98 Å². The number of fused-ring (bicyclic) bond motifs is 4. The summed E-state index contributed by atoms with van der Waals surface area (Å²) in [6.45, 7) is 4.65. The van der Waals surface area contributed by atoms with Crippen LogP contribution in [-0.2, 0) is 10.2 Å². The van der Waals surface area contributed by atoms with Gasteiger partial charge in [-0.3, -0.25) is 9.59 Å². The maximum Gasteiger partial charge on any atom is 0.303 e. The minimum Gasteiger partial charge on any atom is -0.494 e. The number of carbonyl (C=O) groups excluding carboxylic acids is 1. The summed E-state index contributed by atoms with van der Waals surface area (Å²) >= 11 is 0. The lowest BCUT2D eigenvalue weighted by Gasteiger charge is -2.32. The van der Waals surface area contributed by atoms with Gasteiger partial charge in [-0.1, -0.05) is 26.0 Å². The molecule has 2 N–H and O–H groups in total. The minimum atomic E-state index is -0.780. The van der Waals surface area contributed by atoms with Crippen molar-refractivity contribution in [1.29, 1.82) is 5.26 Å². The van der Waals surface area contributed by atoms with Gasteiger partial charge >= 0.3 is 5.97 Å². The first-order valence-electron chi connectivity index (χ1n) is 10.4. The van der Waals surface area contributed by atoms with Crippen LogP contribution in [0.15, 0.2) is 36.4 Å². The Balaban J connectivity index is 1.61. The van der Waals surface area contributed by atoms with E-state index in [-0.39, 0.29) is 12.2 Å². The van der Waals surface area contributed by atoms with Crippen LogP contribution in [-0.4, -0.2) is 28.4 Å². The van der Waals surface area contributed by atoms with Crippen molar-refractivity contribution >= 4 is 22.7 Å². The molecule has 1 aromatic heterocycles. The summed E-state index contributed by atoms with van der Waals surface area (Å²) in [5.41, 5.74) is 4.02. The summed E-state index contributed by atoms with van der Waals surface area (Å²) in [6.07, 6.45) is 2.35. The SMILES string of the molecule is CC1(C)c2ccc(OCCCCCC(=O)O)cc2C(=O)c2c1[nH]c1cc(C#N)ccc21. The van der Waals surface area contributed by atoms with Crippen LogP contribution in [0.5, 0.6) is 5.75 Å². The number of aliphatic carboxylic acids is 1. The number of unbranched alkanes of at least 4 members (excludes halogenated alkanes) is 2. The summed E-state index contributed by atoms with van der Waals surface area (Å²) < 4.78 is 5.84. The van der Waals surface area contributed by atoms with Gasteiger partial charge in [0.25, 0.3) is 0 Å². The Morgan fingerprint density at radius 3 is 2.71 bits per heavy atom. The molecule has 1 heterocycles. The fourth-order valence-electron chi connectivity index (χ4n) is 4.33. The molecule has 0 unspecified atom stereocenters. The van der Waals surface area contributed by atoms with E-state index in [9.17, 15) is 14.9 Å². The molecule has 6 nitrogen and oxygen atoms in total. The maximum absolute atomic E-state index is 13.5. The van der Waals surface area contributed by atoms with Crippen LogP contribution in [0.2, 0.25) is 0 Å². The van der Waals surface area contributed by atoms with Gasteiger partial charge in [-0.05, 0) is 49.1 Å². The maximum atomic E-state index is 13.5. The lowest BCUT2D eigenvalue weighted by molar-refractivity contribution is -0.137. The molecule has 1 aliphatic rings. The number of hydrogen-bond acceptors (Lipinski definition) is 4. The highest BCUT2D eigenvalue weighted by molar-refractivity contribution is 6.20. The zero-order valence-electron chi connectivity index (χ0n) is 17.6. The first-order chi connectivity index (χ1) is 14.8. The number of ether oxygens (including phenoxy) is 1. The van der Waals surface area contributed by atoms with Crippen LogP contribution in [0.25, 0.3) is 10.9 Å². The number of aromatic amines is 1. The average Bonchev–Trinajstić information content (AvgIpc) is 3.14. The molecule has 0 saturated carbocycles. The Morgan fingerprint density at radius 1 is 1.16 bits per heavy atom. The van der Waals surface area contributed by atoms with E-state index in [1.807, 2.05) is 24.3 Å². The van der Waals surface area contributed by atoms with E-state index < -0.39 is 11.4 Å². The highest BCUT2D eigenvalue weighted by Gasteiger charge is 2.39. The molecule has 0 fully saturated rings. The lowest BCUT2D eigenvalue weighted by Crippen LogP contribution is -2.30. The third-order valence-corrected chi connectivity index (χ3v) is 5.99. The number of nitrogens with zero attached hydrogens (tertiary/aromatic N) is 1. The molecule has 1 aliphatic carbocycles. The van der Waals surface area contributed by atoms with Crippen LogP contribution in [0, 0.1) is 11.3 Å². The number of rotatable bonds is 7. The number of benzene rings is 2. The van der Waals surface area contributed by atoms with Gasteiger partial charge in [0.15, 0.2) is 5.78 Å². The molecule has 0 atom stereocenters. The van der Waals surface area contributed by atoms with Crippen molar-refractivity contribution in [3.05, 3.63) is 64.3 Å². The molecule has 0 bridgehead atoms. The summed E-state index contributed by atoms with van der Waals surface area (Å²) in [7, 11) is 0. The molecule has 4 rings (SSSR count). The Bertz CT molecular complexity index is 1230. The first kappa shape index (κ1) is 20.7. The predicted octanol–water partition coefficient (Wildman–Crippen LogP) is 4.93. The molecular formula is C25H24N2O4. The Labute approximate surface area is 180 Å². The summed E-state index contributed by atoms with van der Waals surface area (Å²) in [6, 6.07) is 13.1. The number of nitriles is 1. The van der Waals surface area contributed by atoms with Crippen LogP contribution < -0.4 is 4.74 Å². The van der Waals surface area contributed by atoms with Crippen LogP contribution in [0.3, 0.4) is 0 Å². The molecular weight excluding hydrogens is 392 g/mol. The first-order valence-corrected chi connectivity index (χ1v) is 10.4. The Morgan fingerprint density at radius 2 is 1.97 bits per heavy atom. The average molecular weight is 416 g/mol. The number of aromatic nitrogens is 1. The highest BCUT2D eigenvalue weighted by atomic mass is 16.5. The lowest BCUT2D eigenvalue weighted by atomic mass is 9.71. The second-order valence-corrected chi connectivity index (χ2v) is 8.46. The normalized spacial score (nSPS) is 14.0. The zero-order valence-corrected chi connectivity index (χ0v) is 17.6. The number of ketones is 1. The van der Waals surface area contributed by atoms with Crippen LogP contribution in [0.1, 0.15) is 72.3 Å². The summed E-state index contributed by atoms with van der Waals surface area (Å²) in [5.74, 6) is -0.194. The van der Waals surface area contributed by atoms with Gasteiger partial charge in [0.1, 0.15) is 5.75 Å². The summed E-state index contributed by atoms with van der Waals surface area (Å²) in [5, 5.41) is 18.7. The van der Waals surface area contributed by atoms with E-state index in [1.54, 1.807) is 12.1 Å². The number of H-pyrrole nitrogens is 1. The standard InChI is InChI=1S/C25H24N2O4/c1-25(2)19-10-8-16(31-11-5-3-4-6-21(28)29)13-18(19)23(30)22-17-9-7-15(14-26)12-20(17)27-24(22)25/h7-10,12-13,27H,3-6,11H2,1-2H3,(H,28,29). The third-order valence-electron chi connectivity index (χ3n) is 5.99. The van der Waals surface area contributed by atoms with Crippen molar-refractivity contribution in [2.24, 2.45) is 0 Å². The van der Waals surface area contributed by atoms with Crippen molar-refractivity contribution < 1.29 is 19.4 Å². The predicted molar refractivity (Wildman–Crippen MR) is 117 cm³/mol. The number of carboxylic acids is 1. The minimum absolute atomic E-state index is 0.0489. The Hall–Kier alpha value is -3.59. The van der Waals surface area contributed by atoms with Gasteiger partial charge in [-0.15, -0.1) is 0 Å². The molecule has 3 aromatic rings. The van der Waals surface area contributed by atoms with Gasteiger partial charge in [-0.2, -0.15) is 5.26 Å². The largest absolute Gasteiger partial charge is 0.494 e. The molecule has 158 valence electrons. The fourth-order valence-corrected chi connectivity index (χ4v) is 4.33. The Kier molecular flexibility index (Phi) is 5.28. The molecule has 31 heavy (non-hydrogen) atoms. The van der Waals surface area contributed by atoms with E-state index in [0.717, 1.165) is 35.0 Å². The molecule has 0 aliphatic heterocycles. The van der Waals surface area contributed by atoms with Gasteiger partial charge < -0.3 is 14.8 Å². The smallest absolute Gasteiger partial charge is 0.303 e. The number of nitrogens with one attached hydrogen (secondary N) is 1. The third kappa shape index (κ3) is 3.68. The van der Waals surface area contributed by atoms with Crippen LogP contribution >= 0.6 is 0 Å². The number of carbonyl (C=O) groups is 2. The van der Waals surface area contributed by atoms with Gasteiger partial charge in [-0.25, -0.2) is 0 Å². The fraction of sp³-hybridized carbons (Fsp3) is 0.320. The molecule has 0 radical (unpaired) electrons. The monoisotopic (exact) mass is 416 g/mol. The highest BCUT2D eigenvalue weighted by Crippen LogP contribution is 2.44. The van der Waals surface area contributed by atoms with E-state index >= 15 is 0 Å². The molecule has 0 amide bonds. The number of carboxylic acid groups (broad SMARTS) is 1. The van der Waals surface area contributed by atoms with E-state index in [4.69, 9.17) is 9.84 Å². The second kappa shape index (κ2) is 7.92. The summed E-state index contributed by atoms with van der Waals surface area (Å²) in [4.78, 5) is 27.4. The van der Waals surface area contributed by atoms with Crippen molar-refractivity contribution in [3.8, 4) is 11.8 Å². The number of hydrogen-bond donors (Lipinski definition) is 2. The van der Waals surface area contributed by atoms with E-state index in [0.29, 0.717) is 35.5 Å². The molecule has 0 saturated heterocycles. The quantitative estimate of drug-likeness (QED) is 0.531. The van der Waals surface area contributed by atoms with Gasteiger partial charge in [0.2, 0.25) is 0 Å².